The Morgan fingerprint density at radius 2 is 1.16 bits per heavy atom. The minimum Gasteiger partial charge on any atom is -0.455 e. The van der Waals surface area contributed by atoms with Crippen LogP contribution in [-0.4, -0.2) is 15.0 Å². The minimum absolute atomic E-state index is 0.613. The van der Waals surface area contributed by atoms with Crippen LogP contribution in [0.5, 0.6) is 0 Å². The number of benzene rings is 7. The van der Waals surface area contributed by atoms with Gasteiger partial charge in [0, 0.05) is 32.8 Å². The third-order valence-electron chi connectivity index (χ3n) is 9.71. The fourth-order valence-corrected chi connectivity index (χ4v) is 7.39. The summed E-state index contributed by atoms with van der Waals surface area (Å²) >= 11 is 0. The molecule has 4 nitrogen and oxygen atoms in total. The number of rotatable bonds is 4. The third kappa shape index (κ3) is 4.56. The normalized spacial score (nSPS) is 13.2. The molecule has 0 fully saturated rings. The first-order valence-corrected chi connectivity index (χ1v) is 16.8. The third-order valence-corrected chi connectivity index (χ3v) is 9.71. The first-order valence-electron chi connectivity index (χ1n) is 16.8. The highest BCUT2D eigenvalue weighted by atomic mass is 16.3. The van der Waals surface area contributed by atoms with Crippen LogP contribution in [0.15, 0.2) is 156 Å². The summed E-state index contributed by atoms with van der Waals surface area (Å²) < 4.78 is 6.77. The van der Waals surface area contributed by atoms with Gasteiger partial charge in [-0.3, -0.25) is 0 Å². The Morgan fingerprint density at radius 3 is 2.02 bits per heavy atom. The maximum atomic E-state index is 6.77. The summed E-state index contributed by atoms with van der Waals surface area (Å²) in [6.45, 7) is 0. The summed E-state index contributed by atoms with van der Waals surface area (Å²) in [5.41, 5.74) is 6.92. The molecule has 49 heavy (non-hydrogen) atoms. The zero-order valence-electron chi connectivity index (χ0n) is 26.6. The molecule has 4 heteroatoms. The van der Waals surface area contributed by atoms with Gasteiger partial charge in [-0.2, -0.15) is 0 Å². The zero-order chi connectivity index (χ0) is 32.3. The van der Waals surface area contributed by atoms with Gasteiger partial charge in [-0.25, -0.2) is 15.0 Å². The maximum Gasteiger partial charge on any atom is 0.164 e. The molecule has 10 rings (SSSR count). The van der Waals surface area contributed by atoms with E-state index in [9.17, 15) is 0 Å². The molecular weight excluding hydrogens is 599 g/mol. The van der Waals surface area contributed by atoms with Crippen LogP contribution in [0.4, 0.5) is 0 Å². The van der Waals surface area contributed by atoms with Crippen LogP contribution >= 0.6 is 0 Å². The molecule has 0 amide bonds. The van der Waals surface area contributed by atoms with Crippen LogP contribution < -0.4 is 0 Å². The van der Waals surface area contributed by atoms with Crippen molar-refractivity contribution in [1.29, 1.82) is 0 Å². The SMILES string of the molecule is C1=CC(c2cccc3cc(-c4nc(-c5ccc6ccccc6c5)nc(-c5cccc6ccccc56)n4)c4c5ccccc5oc4c23)=CCC1. The van der Waals surface area contributed by atoms with Gasteiger partial charge in [-0.1, -0.05) is 133 Å². The van der Waals surface area contributed by atoms with E-state index in [1.54, 1.807) is 0 Å². The van der Waals surface area contributed by atoms with Crippen molar-refractivity contribution in [3.05, 3.63) is 157 Å². The molecule has 7 aromatic carbocycles. The van der Waals surface area contributed by atoms with E-state index in [1.807, 2.05) is 12.1 Å². The van der Waals surface area contributed by atoms with Crippen LogP contribution in [0.1, 0.15) is 18.4 Å². The summed E-state index contributed by atoms with van der Waals surface area (Å²) in [6, 6.07) is 46.5. The average Bonchev–Trinajstić information content (AvgIpc) is 3.57. The van der Waals surface area contributed by atoms with Crippen LogP contribution in [0, 0.1) is 0 Å². The van der Waals surface area contributed by atoms with E-state index in [1.165, 1.54) is 16.5 Å². The second-order valence-electron chi connectivity index (χ2n) is 12.7. The predicted molar refractivity (Wildman–Crippen MR) is 202 cm³/mol. The molecule has 0 saturated carbocycles. The fraction of sp³-hybridized carbons (Fsp3) is 0.0444. The first kappa shape index (κ1) is 27.7. The molecule has 1 aliphatic carbocycles. The second-order valence-corrected chi connectivity index (χ2v) is 12.7. The lowest BCUT2D eigenvalue weighted by Gasteiger charge is -2.14. The summed E-state index contributed by atoms with van der Waals surface area (Å²) in [4.78, 5) is 15.7. The number of hydrogen-bond donors (Lipinski definition) is 0. The topological polar surface area (TPSA) is 51.8 Å². The molecule has 2 aromatic heterocycles. The highest BCUT2D eigenvalue weighted by molar-refractivity contribution is 6.23. The Kier molecular flexibility index (Phi) is 6.28. The molecule has 2 heterocycles. The molecular formula is C45H29N3O. The molecule has 9 aromatic rings. The van der Waals surface area contributed by atoms with E-state index in [0.29, 0.717) is 17.5 Å². The molecule has 0 spiro atoms. The number of furan rings is 1. The largest absolute Gasteiger partial charge is 0.455 e. The number of hydrogen-bond acceptors (Lipinski definition) is 4. The van der Waals surface area contributed by atoms with E-state index in [0.717, 1.165) is 78.4 Å². The van der Waals surface area contributed by atoms with E-state index in [4.69, 9.17) is 19.4 Å². The van der Waals surface area contributed by atoms with Gasteiger partial charge in [0.25, 0.3) is 0 Å². The quantitative estimate of drug-likeness (QED) is 0.195. The zero-order valence-corrected chi connectivity index (χ0v) is 26.6. The Hall–Kier alpha value is -6.39. The maximum absolute atomic E-state index is 6.77. The number of nitrogens with zero attached hydrogens (tertiary/aromatic N) is 3. The van der Waals surface area contributed by atoms with E-state index < -0.39 is 0 Å². The molecule has 0 unspecified atom stereocenters. The standard InChI is InChI=1S/C45H29N3O/c1-2-13-30(14-3-1)35-21-11-18-32-27-38(41-37-20-8-9-23-39(37)49-42(41)40(32)35)45-47-43(33-25-24-28-12-4-5-16-31(28)26-33)46-44(48-45)36-22-10-17-29-15-6-7-19-34(29)36/h2,4-27H,1,3H2. The van der Waals surface area contributed by atoms with Gasteiger partial charge in [0.05, 0.1) is 0 Å². The van der Waals surface area contributed by atoms with Crippen molar-refractivity contribution in [2.45, 2.75) is 12.8 Å². The van der Waals surface area contributed by atoms with Crippen molar-refractivity contribution in [3.8, 4) is 34.2 Å². The monoisotopic (exact) mass is 627 g/mol. The van der Waals surface area contributed by atoms with Crippen molar-refractivity contribution < 1.29 is 4.42 Å². The van der Waals surface area contributed by atoms with Crippen LogP contribution in [0.2, 0.25) is 0 Å². The van der Waals surface area contributed by atoms with E-state index in [-0.39, 0.29) is 0 Å². The summed E-state index contributed by atoms with van der Waals surface area (Å²) in [5.74, 6) is 1.88. The number of para-hydroxylation sites is 1. The highest BCUT2D eigenvalue weighted by Gasteiger charge is 2.22. The molecule has 1 aliphatic rings. The van der Waals surface area contributed by atoms with Crippen molar-refractivity contribution >= 4 is 59.8 Å². The summed E-state index contributed by atoms with van der Waals surface area (Å²) in [7, 11) is 0. The van der Waals surface area contributed by atoms with Gasteiger partial charge < -0.3 is 4.42 Å². The molecule has 0 saturated heterocycles. The molecule has 230 valence electrons. The van der Waals surface area contributed by atoms with Crippen LogP contribution in [0.3, 0.4) is 0 Å². The van der Waals surface area contributed by atoms with Gasteiger partial charge in [0.2, 0.25) is 0 Å². The van der Waals surface area contributed by atoms with Gasteiger partial charge in [0.1, 0.15) is 11.2 Å². The Bertz CT molecular complexity index is 2840. The van der Waals surface area contributed by atoms with Crippen molar-refractivity contribution in [3.63, 3.8) is 0 Å². The molecule has 0 bridgehead atoms. The lowest BCUT2D eigenvalue weighted by atomic mass is 9.91. The molecule has 0 atom stereocenters. The molecule has 0 aliphatic heterocycles. The second kappa shape index (κ2) is 11.1. The minimum atomic E-state index is 0.613. The van der Waals surface area contributed by atoms with Gasteiger partial charge in [-0.05, 0) is 69.1 Å². The Morgan fingerprint density at radius 1 is 0.469 bits per heavy atom. The van der Waals surface area contributed by atoms with Crippen molar-refractivity contribution in [2.75, 3.05) is 0 Å². The van der Waals surface area contributed by atoms with Crippen LogP contribution in [0.25, 0.3) is 94.0 Å². The number of allylic oxidation sites excluding steroid dienone is 4. The predicted octanol–water partition coefficient (Wildman–Crippen LogP) is 12.0. The van der Waals surface area contributed by atoms with Gasteiger partial charge in [0.15, 0.2) is 17.5 Å². The average molecular weight is 628 g/mol. The van der Waals surface area contributed by atoms with Crippen molar-refractivity contribution in [2.24, 2.45) is 0 Å². The number of aromatic nitrogens is 3. The van der Waals surface area contributed by atoms with E-state index >= 15 is 0 Å². The smallest absolute Gasteiger partial charge is 0.164 e. The Balaban J connectivity index is 1.30. The van der Waals surface area contributed by atoms with E-state index in [2.05, 4.69) is 140 Å². The summed E-state index contributed by atoms with van der Waals surface area (Å²) in [5, 5.41) is 8.79. The fourth-order valence-electron chi connectivity index (χ4n) is 7.39. The highest BCUT2D eigenvalue weighted by Crippen LogP contribution is 2.43. The summed E-state index contributed by atoms with van der Waals surface area (Å²) in [6.07, 6.45) is 8.92. The lowest BCUT2D eigenvalue weighted by molar-refractivity contribution is 0.672. The Labute approximate surface area is 282 Å². The van der Waals surface area contributed by atoms with Gasteiger partial charge >= 0.3 is 0 Å². The molecule has 0 N–H and O–H groups in total. The van der Waals surface area contributed by atoms with Crippen molar-refractivity contribution in [1.82, 2.24) is 15.0 Å². The number of fused-ring (bicyclic) bond motifs is 7. The first-order chi connectivity index (χ1) is 24.3. The van der Waals surface area contributed by atoms with Crippen LogP contribution in [-0.2, 0) is 0 Å². The van der Waals surface area contributed by atoms with Gasteiger partial charge in [-0.15, -0.1) is 0 Å². The lowest BCUT2D eigenvalue weighted by Crippen LogP contribution is -2.01. The molecule has 0 radical (unpaired) electrons.